The third-order valence-electron chi connectivity index (χ3n) is 8.41. The quantitative estimate of drug-likeness (QED) is 0.0817. The fraction of sp³-hybridized carbons (Fsp3) is 0.722. The highest BCUT2D eigenvalue weighted by Crippen LogP contribution is 2.25. The van der Waals surface area contributed by atoms with E-state index in [9.17, 15) is 19.2 Å². The van der Waals surface area contributed by atoms with E-state index in [1.54, 1.807) is 24.3 Å². The summed E-state index contributed by atoms with van der Waals surface area (Å²) in [6, 6.07) is 5.87. The Labute approximate surface area is 272 Å². The summed E-state index contributed by atoms with van der Waals surface area (Å²) in [5.74, 6) is -1.30. The Kier molecular flexibility index (Phi) is 19.4. The Balaban J connectivity index is 1.70. The molecule has 4 amide bonds. The van der Waals surface area contributed by atoms with Crippen LogP contribution < -0.4 is 0 Å². The molecule has 1 aromatic rings. The van der Waals surface area contributed by atoms with Crippen molar-refractivity contribution in [3.63, 3.8) is 0 Å². The molecule has 0 bridgehead atoms. The number of imide groups is 2. The molecule has 0 radical (unpaired) electrons. The first-order valence-electron chi connectivity index (χ1n) is 17.4. The second kappa shape index (κ2) is 22.7. The monoisotopic (exact) mass is 629 g/mol. The van der Waals surface area contributed by atoms with Gasteiger partial charge in [0.15, 0.2) is 0 Å². The SMILES string of the molecule is CCCCCCCCCCCCCCCCCCOCC(COC(=O)N(CCN(C)C)C(C)=O)N1C(=O)c2ccccc2C1=O. The predicted octanol–water partition coefficient (Wildman–Crippen LogP) is 7.48. The van der Waals surface area contributed by atoms with Crippen molar-refractivity contribution in [1.29, 1.82) is 0 Å². The number of unbranched alkanes of at least 4 members (excludes halogenated alkanes) is 15. The standard InChI is InChI=1S/C36H59N3O6/c1-5-6-7-8-9-10-11-12-13-14-15-16-17-18-19-22-27-44-28-31(29-45-36(43)38(30(2)40)26-25-37(3)4)39-34(41)32-23-20-21-24-33(32)35(39)42/h20-21,23-24,31H,5-19,22,25-29H2,1-4H3. The summed E-state index contributed by atoms with van der Waals surface area (Å²) >= 11 is 0. The number of nitrogens with zero attached hydrogens (tertiary/aromatic N) is 3. The van der Waals surface area contributed by atoms with Gasteiger partial charge in [-0.1, -0.05) is 115 Å². The largest absolute Gasteiger partial charge is 0.447 e. The number of rotatable bonds is 25. The number of benzene rings is 1. The summed E-state index contributed by atoms with van der Waals surface area (Å²) in [7, 11) is 3.69. The highest BCUT2D eigenvalue weighted by atomic mass is 16.6. The summed E-state index contributed by atoms with van der Waals surface area (Å²) in [5.41, 5.74) is 0.654. The molecular weight excluding hydrogens is 570 g/mol. The summed E-state index contributed by atoms with van der Waals surface area (Å²) in [6.07, 6.45) is 19.9. The maximum absolute atomic E-state index is 13.1. The maximum atomic E-state index is 13.1. The zero-order chi connectivity index (χ0) is 32.9. The Hall–Kier alpha value is -2.78. The van der Waals surface area contributed by atoms with Crippen LogP contribution in [0.4, 0.5) is 4.79 Å². The van der Waals surface area contributed by atoms with Gasteiger partial charge >= 0.3 is 6.09 Å². The fourth-order valence-corrected chi connectivity index (χ4v) is 5.63. The van der Waals surface area contributed by atoms with Crippen molar-refractivity contribution in [2.24, 2.45) is 0 Å². The number of hydrogen-bond donors (Lipinski definition) is 0. The number of fused-ring (bicyclic) bond motifs is 1. The molecule has 254 valence electrons. The molecule has 9 nitrogen and oxygen atoms in total. The van der Waals surface area contributed by atoms with Gasteiger partial charge in [-0.3, -0.25) is 19.3 Å². The molecule has 0 fully saturated rings. The van der Waals surface area contributed by atoms with Crippen molar-refractivity contribution in [3.05, 3.63) is 35.4 Å². The Morgan fingerprint density at radius 3 is 1.62 bits per heavy atom. The van der Waals surface area contributed by atoms with Gasteiger partial charge in [0, 0.05) is 26.6 Å². The lowest BCUT2D eigenvalue weighted by atomic mass is 10.0. The molecule has 0 spiro atoms. The van der Waals surface area contributed by atoms with Gasteiger partial charge in [0.2, 0.25) is 5.91 Å². The number of amides is 4. The van der Waals surface area contributed by atoms with E-state index in [0.29, 0.717) is 24.3 Å². The molecule has 1 aliphatic heterocycles. The first kappa shape index (κ1) is 38.4. The highest BCUT2D eigenvalue weighted by molar-refractivity contribution is 6.21. The van der Waals surface area contributed by atoms with Crippen LogP contribution in [0.15, 0.2) is 24.3 Å². The maximum Gasteiger partial charge on any atom is 0.416 e. The lowest BCUT2D eigenvalue weighted by Gasteiger charge is -2.27. The topological polar surface area (TPSA) is 96.5 Å². The second-order valence-corrected chi connectivity index (χ2v) is 12.6. The molecule has 0 N–H and O–H groups in total. The van der Waals surface area contributed by atoms with Gasteiger partial charge in [0.05, 0.1) is 23.8 Å². The van der Waals surface area contributed by atoms with Gasteiger partial charge in [-0.25, -0.2) is 9.69 Å². The summed E-state index contributed by atoms with van der Waals surface area (Å²) < 4.78 is 11.4. The molecule has 45 heavy (non-hydrogen) atoms. The van der Waals surface area contributed by atoms with Crippen LogP contribution in [0.2, 0.25) is 0 Å². The predicted molar refractivity (Wildman–Crippen MR) is 178 cm³/mol. The molecule has 1 aromatic carbocycles. The van der Waals surface area contributed by atoms with E-state index in [-0.39, 0.29) is 19.8 Å². The van der Waals surface area contributed by atoms with Crippen LogP contribution in [0.5, 0.6) is 0 Å². The van der Waals surface area contributed by atoms with Gasteiger partial charge in [0.25, 0.3) is 11.8 Å². The van der Waals surface area contributed by atoms with Gasteiger partial charge in [-0.05, 0) is 32.6 Å². The van der Waals surface area contributed by atoms with Crippen LogP contribution in [-0.4, -0.2) is 91.6 Å². The van der Waals surface area contributed by atoms with Gasteiger partial charge < -0.3 is 14.4 Å². The van der Waals surface area contributed by atoms with E-state index in [1.807, 2.05) is 19.0 Å². The zero-order valence-corrected chi connectivity index (χ0v) is 28.5. The average Bonchev–Trinajstić information content (AvgIpc) is 3.27. The fourth-order valence-electron chi connectivity index (χ4n) is 5.63. The molecule has 0 aromatic heterocycles. The Morgan fingerprint density at radius 2 is 1.18 bits per heavy atom. The minimum absolute atomic E-state index is 0.0509. The lowest BCUT2D eigenvalue weighted by molar-refractivity contribution is -0.127. The zero-order valence-electron chi connectivity index (χ0n) is 28.5. The normalized spacial score (nSPS) is 13.4. The average molecular weight is 630 g/mol. The minimum atomic E-state index is -0.802. The molecular formula is C36H59N3O6. The lowest BCUT2D eigenvalue weighted by Crippen LogP contribution is -2.47. The molecule has 9 heteroatoms. The van der Waals surface area contributed by atoms with E-state index in [0.717, 1.165) is 29.1 Å². The van der Waals surface area contributed by atoms with Gasteiger partial charge in [0.1, 0.15) is 6.61 Å². The molecule has 1 heterocycles. The number of carbonyl (C=O) groups is 4. The minimum Gasteiger partial charge on any atom is -0.447 e. The van der Waals surface area contributed by atoms with Gasteiger partial charge in [-0.2, -0.15) is 0 Å². The number of hydrogen-bond acceptors (Lipinski definition) is 7. The third-order valence-corrected chi connectivity index (χ3v) is 8.41. The highest BCUT2D eigenvalue weighted by Gasteiger charge is 2.40. The van der Waals surface area contributed by atoms with Crippen molar-refractivity contribution >= 4 is 23.8 Å². The summed E-state index contributed by atoms with van der Waals surface area (Å²) in [6.45, 7) is 4.52. The molecule has 0 saturated carbocycles. The third kappa shape index (κ3) is 14.5. The smallest absolute Gasteiger partial charge is 0.416 e. The number of carbonyl (C=O) groups excluding carboxylic acids is 4. The number of likely N-dealkylation sites (N-methyl/N-ethyl adjacent to an activating group) is 1. The van der Waals surface area contributed by atoms with Crippen LogP contribution in [0.3, 0.4) is 0 Å². The van der Waals surface area contributed by atoms with Crippen LogP contribution in [0.1, 0.15) is 137 Å². The molecule has 1 atom stereocenters. The van der Waals surface area contributed by atoms with Crippen LogP contribution in [0, 0.1) is 0 Å². The van der Waals surface area contributed by atoms with E-state index in [4.69, 9.17) is 9.47 Å². The van der Waals surface area contributed by atoms with Crippen molar-refractivity contribution in [2.45, 2.75) is 123 Å². The van der Waals surface area contributed by atoms with E-state index in [2.05, 4.69) is 6.92 Å². The molecule has 0 aliphatic carbocycles. The summed E-state index contributed by atoms with van der Waals surface area (Å²) in [4.78, 5) is 55.1. The van der Waals surface area contributed by atoms with Crippen LogP contribution in [0.25, 0.3) is 0 Å². The van der Waals surface area contributed by atoms with Crippen molar-refractivity contribution in [1.82, 2.24) is 14.7 Å². The van der Waals surface area contributed by atoms with Crippen molar-refractivity contribution in [3.8, 4) is 0 Å². The number of ether oxygens (including phenoxy) is 2. The molecule has 0 saturated heterocycles. The van der Waals surface area contributed by atoms with E-state index >= 15 is 0 Å². The molecule has 2 rings (SSSR count). The van der Waals surface area contributed by atoms with Gasteiger partial charge in [-0.15, -0.1) is 0 Å². The van der Waals surface area contributed by atoms with Crippen molar-refractivity contribution < 1.29 is 28.7 Å². The first-order valence-corrected chi connectivity index (χ1v) is 17.4. The molecule has 1 unspecified atom stereocenters. The second-order valence-electron chi connectivity index (χ2n) is 12.6. The van der Waals surface area contributed by atoms with Crippen LogP contribution >= 0.6 is 0 Å². The molecule has 1 aliphatic rings. The summed E-state index contributed by atoms with van der Waals surface area (Å²) in [5, 5.41) is 0. The Morgan fingerprint density at radius 1 is 0.711 bits per heavy atom. The Bertz CT molecular complexity index is 995. The van der Waals surface area contributed by atoms with E-state index in [1.165, 1.54) is 90.4 Å². The van der Waals surface area contributed by atoms with E-state index < -0.39 is 29.9 Å². The first-order chi connectivity index (χ1) is 21.8. The van der Waals surface area contributed by atoms with Crippen LogP contribution in [-0.2, 0) is 14.3 Å². The van der Waals surface area contributed by atoms with Crippen molar-refractivity contribution in [2.75, 3.05) is 47.0 Å².